The largest absolute Gasteiger partial charge is 0.299 e. The van der Waals surface area contributed by atoms with E-state index in [1.807, 2.05) is 48.5 Å². The van der Waals surface area contributed by atoms with Crippen molar-refractivity contribution >= 4 is 22.3 Å². The summed E-state index contributed by atoms with van der Waals surface area (Å²) in [5.41, 5.74) is 1.98. The molecule has 24 heavy (non-hydrogen) atoms. The summed E-state index contributed by atoms with van der Waals surface area (Å²) in [7, 11) is 0. The second-order valence-electron chi connectivity index (χ2n) is 6.19. The third-order valence-electron chi connectivity index (χ3n) is 4.50. The number of carbonyl (C=O) groups excluding carboxylic acids is 2. The van der Waals surface area contributed by atoms with Gasteiger partial charge in [0, 0.05) is 5.92 Å². The number of Topliss-reactive ketones (excluding diaryl/α,β-unsaturated/α-hetero) is 2. The maximum atomic E-state index is 12.2. The fraction of sp³-hybridized carbons (Fsp3) is 0.182. The van der Waals surface area contributed by atoms with Gasteiger partial charge < -0.3 is 0 Å². The van der Waals surface area contributed by atoms with Crippen molar-refractivity contribution in [2.45, 2.75) is 19.8 Å². The molecule has 3 aromatic carbocycles. The molecule has 0 bridgehead atoms. The summed E-state index contributed by atoms with van der Waals surface area (Å²) in [5.74, 6) is -1.10. The van der Waals surface area contributed by atoms with Gasteiger partial charge in [-0.25, -0.2) is 0 Å². The molecule has 0 aliphatic heterocycles. The molecule has 3 rings (SSSR count). The molecule has 0 spiro atoms. The van der Waals surface area contributed by atoms with Gasteiger partial charge in [0.2, 0.25) is 0 Å². The smallest absolute Gasteiger partial charge is 0.141 e. The Bertz CT molecular complexity index is 867. The maximum Gasteiger partial charge on any atom is 0.141 e. The SMILES string of the molecule is CC(=O)C(C(C)=O)[C@H](c1ccccc1)c1ccc2ccccc2c1. The quantitative estimate of drug-likeness (QED) is 0.636. The van der Waals surface area contributed by atoms with Gasteiger partial charge in [-0.1, -0.05) is 72.8 Å². The minimum absolute atomic E-state index is 0.0930. The van der Waals surface area contributed by atoms with Crippen LogP contribution in [0.5, 0.6) is 0 Å². The molecule has 2 heteroatoms. The molecule has 2 nitrogen and oxygen atoms in total. The minimum Gasteiger partial charge on any atom is -0.299 e. The fourth-order valence-electron chi connectivity index (χ4n) is 3.39. The standard InChI is InChI=1S/C22H20O2/c1-15(23)21(16(2)24)22(18-9-4-3-5-10-18)20-13-12-17-8-6-7-11-19(17)14-20/h3-14,21-22H,1-2H3/t22-/m1/s1. The molecule has 0 amide bonds. The van der Waals surface area contributed by atoms with E-state index in [1.165, 1.54) is 13.8 Å². The Hall–Kier alpha value is -2.74. The Morgan fingerprint density at radius 1 is 0.667 bits per heavy atom. The highest BCUT2D eigenvalue weighted by atomic mass is 16.1. The topological polar surface area (TPSA) is 34.1 Å². The summed E-state index contributed by atoms with van der Waals surface area (Å²) < 4.78 is 0. The normalized spacial score (nSPS) is 12.3. The van der Waals surface area contributed by atoms with Crippen molar-refractivity contribution in [3.05, 3.63) is 83.9 Å². The van der Waals surface area contributed by atoms with Crippen molar-refractivity contribution in [3.63, 3.8) is 0 Å². The molecule has 0 saturated carbocycles. The predicted octanol–water partition coefficient (Wildman–Crippen LogP) is 4.77. The van der Waals surface area contributed by atoms with Crippen molar-refractivity contribution in [3.8, 4) is 0 Å². The first kappa shape index (κ1) is 16.1. The average molecular weight is 316 g/mol. The van der Waals surface area contributed by atoms with Crippen molar-refractivity contribution < 1.29 is 9.59 Å². The van der Waals surface area contributed by atoms with Crippen molar-refractivity contribution in [2.24, 2.45) is 5.92 Å². The van der Waals surface area contributed by atoms with E-state index in [-0.39, 0.29) is 17.5 Å². The molecule has 1 atom stereocenters. The van der Waals surface area contributed by atoms with Crippen LogP contribution in [0.2, 0.25) is 0 Å². The summed E-state index contributed by atoms with van der Waals surface area (Å²) in [6, 6.07) is 24.1. The van der Waals surface area contributed by atoms with Crippen LogP contribution in [0.3, 0.4) is 0 Å². The Balaban J connectivity index is 2.19. The number of benzene rings is 3. The van der Waals surface area contributed by atoms with Gasteiger partial charge in [-0.05, 0) is 35.7 Å². The monoisotopic (exact) mass is 316 g/mol. The zero-order chi connectivity index (χ0) is 17.1. The van der Waals surface area contributed by atoms with Gasteiger partial charge in [0.15, 0.2) is 0 Å². The molecule has 0 radical (unpaired) electrons. The summed E-state index contributed by atoms with van der Waals surface area (Å²) in [5, 5.41) is 2.26. The van der Waals surface area contributed by atoms with Crippen LogP contribution in [0.25, 0.3) is 10.8 Å². The van der Waals surface area contributed by atoms with Gasteiger partial charge in [-0.15, -0.1) is 0 Å². The molecule has 0 aliphatic rings. The highest BCUT2D eigenvalue weighted by Crippen LogP contribution is 2.35. The molecule has 0 N–H and O–H groups in total. The molecule has 0 aromatic heterocycles. The Morgan fingerprint density at radius 3 is 1.88 bits per heavy atom. The minimum atomic E-state index is -0.659. The first-order chi connectivity index (χ1) is 11.6. The molecular weight excluding hydrogens is 296 g/mol. The summed E-state index contributed by atoms with van der Waals surface area (Å²) in [4.78, 5) is 24.4. The molecule has 0 saturated heterocycles. The number of fused-ring (bicyclic) bond motifs is 1. The van der Waals surface area contributed by atoms with Gasteiger partial charge in [-0.3, -0.25) is 9.59 Å². The van der Waals surface area contributed by atoms with Gasteiger partial charge in [0.25, 0.3) is 0 Å². The lowest BCUT2D eigenvalue weighted by Crippen LogP contribution is -2.27. The van der Waals surface area contributed by atoms with Gasteiger partial charge in [0.05, 0.1) is 5.92 Å². The molecule has 0 heterocycles. The molecular formula is C22H20O2. The number of hydrogen-bond acceptors (Lipinski definition) is 2. The lowest BCUT2D eigenvalue weighted by Gasteiger charge is -2.24. The van der Waals surface area contributed by atoms with E-state index in [0.29, 0.717) is 0 Å². The number of hydrogen-bond donors (Lipinski definition) is 0. The molecule has 0 fully saturated rings. The zero-order valence-electron chi connectivity index (χ0n) is 13.9. The van der Waals surface area contributed by atoms with Crippen LogP contribution in [0.15, 0.2) is 72.8 Å². The third-order valence-corrected chi connectivity index (χ3v) is 4.50. The highest BCUT2D eigenvalue weighted by molar-refractivity contribution is 6.02. The molecule has 120 valence electrons. The maximum absolute atomic E-state index is 12.2. The van der Waals surface area contributed by atoms with E-state index in [9.17, 15) is 9.59 Å². The van der Waals surface area contributed by atoms with Gasteiger partial charge in [0.1, 0.15) is 11.6 Å². The van der Waals surface area contributed by atoms with Crippen LogP contribution < -0.4 is 0 Å². The molecule has 0 unspecified atom stereocenters. The number of ketones is 2. The number of rotatable bonds is 5. The second-order valence-corrected chi connectivity index (χ2v) is 6.19. The fourth-order valence-corrected chi connectivity index (χ4v) is 3.39. The summed E-state index contributed by atoms with van der Waals surface area (Å²) in [6.45, 7) is 3.01. The first-order valence-corrected chi connectivity index (χ1v) is 8.12. The summed E-state index contributed by atoms with van der Waals surface area (Å²) >= 11 is 0. The van der Waals surface area contributed by atoms with Crippen LogP contribution in [-0.2, 0) is 9.59 Å². The zero-order valence-corrected chi connectivity index (χ0v) is 13.9. The van der Waals surface area contributed by atoms with Crippen LogP contribution in [-0.4, -0.2) is 11.6 Å². The van der Waals surface area contributed by atoms with Crippen LogP contribution in [0.4, 0.5) is 0 Å². The summed E-state index contributed by atoms with van der Waals surface area (Å²) in [6.07, 6.45) is 0. The van der Waals surface area contributed by atoms with E-state index in [0.717, 1.165) is 21.9 Å². The van der Waals surface area contributed by atoms with E-state index in [4.69, 9.17) is 0 Å². The van der Waals surface area contributed by atoms with E-state index in [1.54, 1.807) is 0 Å². The van der Waals surface area contributed by atoms with Crippen LogP contribution in [0, 0.1) is 5.92 Å². The van der Waals surface area contributed by atoms with Crippen molar-refractivity contribution in [1.29, 1.82) is 0 Å². The van der Waals surface area contributed by atoms with Crippen LogP contribution >= 0.6 is 0 Å². The molecule has 3 aromatic rings. The van der Waals surface area contributed by atoms with E-state index in [2.05, 4.69) is 24.3 Å². The third kappa shape index (κ3) is 3.13. The van der Waals surface area contributed by atoms with Gasteiger partial charge in [-0.2, -0.15) is 0 Å². The predicted molar refractivity (Wildman–Crippen MR) is 97.1 cm³/mol. The average Bonchev–Trinajstić information content (AvgIpc) is 2.59. The Kier molecular flexibility index (Phi) is 4.57. The van der Waals surface area contributed by atoms with Crippen molar-refractivity contribution in [1.82, 2.24) is 0 Å². The van der Waals surface area contributed by atoms with E-state index >= 15 is 0 Å². The first-order valence-electron chi connectivity index (χ1n) is 8.12. The lowest BCUT2D eigenvalue weighted by molar-refractivity contribution is -0.130. The van der Waals surface area contributed by atoms with Gasteiger partial charge >= 0.3 is 0 Å². The molecule has 0 aliphatic carbocycles. The second kappa shape index (κ2) is 6.79. The van der Waals surface area contributed by atoms with Crippen LogP contribution in [0.1, 0.15) is 30.9 Å². The Labute approximate surface area is 142 Å². The van der Waals surface area contributed by atoms with E-state index < -0.39 is 5.92 Å². The number of carbonyl (C=O) groups is 2. The highest BCUT2D eigenvalue weighted by Gasteiger charge is 2.32. The van der Waals surface area contributed by atoms with Crippen molar-refractivity contribution in [2.75, 3.05) is 0 Å². The lowest BCUT2D eigenvalue weighted by atomic mass is 9.76. The Morgan fingerprint density at radius 2 is 1.25 bits per heavy atom.